The second-order valence-electron chi connectivity index (χ2n) is 7.50. The Balaban J connectivity index is 1.70. The van der Waals surface area contributed by atoms with Crippen LogP contribution in [0.15, 0.2) is 78.1 Å². The molecule has 0 aliphatic carbocycles. The van der Waals surface area contributed by atoms with E-state index in [4.69, 9.17) is 16.9 Å². The van der Waals surface area contributed by atoms with E-state index in [0.717, 1.165) is 5.56 Å². The number of benzene rings is 2. The van der Waals surface area contributed by atoms with Gasteiger partial charge in [-0.05, 0) is 50.3 Å². The summed E-state index contributed by atoms with van der Waals surface area (Å²) in [5, 5.41) is 10.2. The van der Waals surface area contributed by atoms with Crippen molar-refractivity contribution in [2.45, 2.75) is 13.8 Å². The van der Waals surface area contributed by atoms with E-state index in [1.807, 2.05) is 12.1 Å². The first kappa shape index (κ1) is 24.9. The summed E-state index contributed by atoms with van der Waals surface area (Å²) in [6, 6.07) is 15.7. The molecule has 4 N–H and O–H groups in total. The van der Waals surface area contributed by atoms with E-state index in [1.165, 1.54) is 0 Å². The minimum Gasteiger partial charge on any atom is -0.480 e. The molecule has 0 saturated heterocycles. The number of aromatic nitrogens is 2. The summed E-state index contributed by atoms with van der Waals surface area (Å²) in [5.41, 5.74) is 9.22. The Morgan fingerprint density at radius 1 is 1.11 bits per heavy atom. The van der Waals surface area contributed by atoms with Crippen LogP contribution in [0, 0.1) is 12.3 Å². The van der Waals surface area contributed by atoms with Gasteiger partial charge in [0.05, 0.1) is 11.3 Å². The Labute approximate surface area is 204 Å². The normalized spacial score (nSPS) is 11.5. The molecule has 0 saturated carbocycles. The Kier molecular flexibility index (Phi) is 8.09. The molecule has 0 aliphatic heterocycles. The second kappa shape index (κ2) is 11.4. The summed E-state index contributed by atoms with van der Waals surface area (Å²) in [5.74, 6) is 2.75. The van der Waals surface area contributed by atoms with E-state index in [9.17, 15) is 9.59 Å². The number of carbonyl (C=O) groups excluding carboxylic acids is 2. The standard InChI is InChI=1S/C27H27N5O3/c1-5-15-35-24(7-3)22(6-2)27(34)29-21-13-11-18(12-14-21)23-17-25(32(4)31-23)30-26(33)19-9-8-10-20(28)16-19/h1,6-14,16-17H,15,28H2,2-4H3,(H,29,34)(H,30,33)/b22-6+,24-7+. The highest BCUT2D eigenvalue weighted by atomic mass is 16.5. The number of nitrogens with two attached hydrogens (primary N) is 1. The van der Waals surface area contributed by atoms with E-state index >= 15 is 0 Å². The molecular weight excluding hydrogens is 442 g/mol. The molecule has 0 unspecified atom stereocenters. The van der Waals surface area contributed by atoms with Gasteiger partial charge >= 0.3 is 0 Å². The number of ether oxygens (including phenoxy) is 1. The van der Waals surface area contributed by atoms with Crippen LogP contribution in [-0.4, -0.2) is 28.2 Å². The van der Waals surface area contributed by atoms with Crippen molar-refractivity contribution in [1.82, 2.24) is 9.78 Å². The molecule has 3 rings (SSSR count). The minimum atomic E-state index is -0.310. The molecule has 2 amide bonds. The lowest BCUT2D eigenvalue weighted by Gasteiger charge is -2.12. The lowest BCUT2D eigenvalue weighted by molar-refractivity contribution is -0.112. The van der Waals surface area contributed by atoms with Crippen LogP contribution in [0.25, 0.3) is 11.3 Å². The van der Waals surface area contributed by atoms with Crippen LogP contribution >= 0.6 is 0 Å². The molecule has 0 bridgehead atoms. The molecule has 8 heteroatoms. The molecule has 35 heavy (non-hydrogen) atoms. The number of nitrogens with zero attached hydrogens (tertiary/aromatic N) is 2. The number of rotatable bonds is 8. The zero-order valence-electron chi connectivity index (χ0n) is 19.8. The molecule has 178 valence electrons. The smallest absolute Gasteiger partial charge is 0.259 e. The van der Waals surface area contributed by atoms with Crippen LogP contribution in [0.4, 0.5) is 17.2 Å². The Hall–Kier alpha value is -4.77. The molecule has 2 aromatic carbocycles. The van der Waals surface area contributed by atoms with Crippen LogP contribution in [0.3, 0.4) is 0 Å². The van der Waals surface area contributed by atoms with Gasteiger partial charge < -0.3 is 21.1 Å². The zero-order valence-corrected chi connectivity index (χ0v) is 19.8. The predicted molar refractivity (Wildman–Crippen MR) is 138 cm³/mol. The van der Waals surface area contributed by atoms with Crippen molar-refractivity contribution in [1.29, 1.82) is 0 Å². The minimum absolute atomic E-state index is 0.0743. The van der Waals surface area contributed by atoms with Crippen molar-refractivity contribution < 1.29 is 14.3 Å². The molecular formula is C27H27N5O3. The number of anilines is 3. The third kappa shape index (κ3) is 6.18. The fourth-order valence-electron chi connectivity index (χ4n) is 3.34. The quantitative estimate of drug-likeness (QED) is 0.149. The van der Waals surface area contributed by atoms with Crippen LogP contribution < -0.4 is 16.4 Å². The van der Waals surface area contributed by atoms with Crippen molar-refractivity contribution in [2.24, 2.45) is 7.05 Å². The molecule has 0 atom stereocenters. The predicted octanol–water partition coefficient (Wildman–Crippen LogP) is 4.36. The number of carbonyl (C=O) groups is 2. The molecule has 1 heterocycles. The number of hydrogen-bond acceptors (Lipinski definition) is 5. The van der Waals surface area contributed by atoms with E-state index in [1.54, 1.807) is 80.2 Å². The van der Waals surface area contributed by atoms with Crippen LogP contribution in [0.1, 0.15) is 24.2 Å². The third-order valence-corrected chi connectivity index (χ3v) is 5.08. The number of nitrogens with one attached hydrogen (secondary N) is 2. The monoisotopic (exact) mass is 469 g/mol. The van der Waals surface area contributed by atoms with Gasteiger partial charge in [-0.1, -0.05) is 30.2 Å². The third-order valence-electron chi connectivity index (χ3n) is 5.08. The summed E-state index contributed by atoms with van der Waals surface area (Å²) in [4.78, 5) is 25.3. The molecule has 1 aromatic heterocycles. The lowest BCUT2D eigenvalue weighted by atomic mass is 10.1. The van der Waals surface area contributed by atoms with Crippen LogP contribution in [0.2, 0.25) is 0 Å². The number of nitrogen functional groups attached to an aromatic ring is 1. The van der Waals surface area contributed by atoms with Crippen molar-refractivity contribution >= 4 is 29.0 Å². The molecule has 8 nitrogen and oxygen atoms in total. The van der Waals surface area contributed by atoms with Gasteiger partial charge in [0.1, 0.15) is 18.2 Å². The first-order valence-corrected chi connectivity index (χ1v) is 10.9. The molecule has 0 fully saturated rings. The van der Waals surface area contributed by atoms with Gasteiger partial charge in [0.25, 0.3) is 11.8 Å². The number of allylic oxidation sites excluding steroid dienone is 2. The summed E-state index contributed by atoms with van der Waals surface area (Å²) in [6.45, 7) is 3.60. The average Bonchev–Trinajstić information content (AvgIpc) is 3.22. The maximum absolute atomic E-state index is 12.7. The van der Waals surface area contributed by atoms with E-state index in [0.29, 0.717) is 39.8 Å². The van der Waals surface area contributed by atoms with E-state index in [2.05, 4.69) is 21.7 Å². The lowest BCUT2D eigenvalue weighted by Crippen LogP contribution is -2.17. The number of aryl methyl sites for hydroxylation is 1. The summed E-state index contributed by atoms with van der Waals surface area (Å²) >= 11 is 0. The number of hydrogen-bond donors (Lipinski definition) is 3. The molecule has 0 spiro atoms. The Morgan fingerprint density at radius 3 is 2.49 bits per heavy atom. The number of amides is 2. The topological polar surface area (TPSA) is 111 Å². The van der Waals surface area contributed by atoms with Gasteiger partial charge in [-0.2, -0.15) is 5.10 Å². The maximum Gasteiger partial charge on any atom is 0.259 e. The first-order valence-electron chi connectivity index (χ1n) is 10.9. The maximum atomic E-state index is 12.7. The fraction of sp³-hybridized carbons (Fsp3) is 0.148. The zero-order chi connectivity index (χ0) is 25.4. The van der Waals surface area contributed by atoms with Crippen LogP contribution in [-0.2, 0) is 16.6 Å². The van der Waals surface area contributed by atoms with Gasteiger partial charge in [0.2, 0.25) is 0 Å². The number of terminal acetylenes is 1. The SMILES string of the molecule is C#CCOC(=C/C)/C(=C\C)C(=O)Nc1ccc(-c2cc(NC(=O)c3cccc(N)c3)n(C)n2)cc1. The summed E-state index contributed by atoms with van der Waals surface area (Å²) in [6.07, 6.45) is 8.61. The fourth-order valence-corrected chi connectivity index (χ4v) is 3.34. The summed E-state index contributed by atoms with van der Waals surface area (Å²) < 4.78 is 7.04. The molecule has 3 aromatic rings. The summed E-state index contributed by atoms with van der Waals surface area (Å²) in [7, 11) is 1.74. The van der Waals surface area contributed by atoms with Crippen molar-refractivity contribution in [3.05, 3.63) is 83.6 Å². The van der Waals surface area contributed by atoms with Gasteiger partial charge in [0.15, 0.2) is 0 Å². The first-order chi connectivity index (χ1) is 16.9. The highest BCUT2D eigenvalue weighted by Crippen LogP contribution is 2.24. The second-order valence-corrected chi connectivity index (χ2v) is 7.50. The van der Waals surface area contributed by atoms with Gasteiger partial charge in [-0.3, -0.25) is 14.3 Å². The van der Waals surface area contributed by atoms with Crippen molar-refractivity contribution in [2.75, 3.05) is 23.0 Å². The van der Waals surface area contributed by atoms with Gasteiger partial charge in [-0.25, -0.2) is 0 Å². The Morgan fingerprint density at radius 2 is 1.86 bits per heavy atom. The van der Waals surface area contributed by atoms with Crippen molar-refractivity contribution in [3.8, 4) is 23.6 Å². The highest BCUT2D eigenvalue weighted by molar-refractivity contribution is 6.06. The van der Waals surface area contributed by atoms with Crippen LogP contribution in [0.5, 0.6) is 0 Å². The van der Waals surface area contributed by atoms with E-state index in [-0.39, 0.29) is 18.4 Å². The highest BCUT2D eigenvalue weighted by Gasteiger charge is 2.16. The van der Waals surface area contributed by atoms with Gasteiger partial charge in [0, 0.05) is 35.6 Å². The van der Waals surface area contributed by atoms with E-state index < -0.39 is 0 Å². The molecule has 0 aliphatic rings. The van der Waals surface area contributed by atoms with Gasteiger partial charge in [-0.15, -0.1) is 6.42 Å². The Bertz CT molecular complexity index is 1330. The van der Waals surface area contributed by atoms with Crippen molar-refractivity contribution in [3.63, 3.8) is 0 Å². The molecule has 0 radical (unpaired) electrons. The largest absolute Gasteiger partial charge is 0.480 e. The average molecular weight is 470 g/mol.